The Bertz CT molecular complexity index is 246. The van der Waals surface area contributed by atoms with Crippen molar-refractivity contribution in [1.29, 1.82) is 0 Å². The number of ether oxygens (including phenoxy) is 1. The van der Waals surface area contributed by atoms with Crippen LogP contribution in [0.25, 0.3) is 0 Å². The van der Waals surface area contributed by atoms with Crippen LogP contribution in [0.3, 0.4) is 0 Å². The molecule has 0 aliphatic carbocycles. The minimum absolute atomic E-state index is 0.747. The van der Waals surface area contributed by atoms with Crippen LogP contribution in [-0.2, 0) is 4.74 Å². The lowest BCUT2D eigenvalue weighted by atomic mass is 9.95. The smallest absolute Gasteiger partial charge is 0.0905 e. The highest BCUT2D eigenvalue weighted by Gasteiger charge is 2.10. The average Bonchev–Trinajstić information content (AvgIpc) is 2.56. The van der Waals surface area contributed by atoms with Gasteiger partial charge in [-0.2, -0.15) is 0 Å². The highest BCUT2D eigenvalue weighted by molar-refractivity contribution is 4.82. The van der Waals surface area contributed by atoms with E-state index < -0.39 is 0 Å². The summed E-state index contributed by atoms with van der Waals surface area (Å²) in [5, 5.41) is 0. The summed E-state index contributed by atoms with van der Waals surface area (Å²) in [6, 6.07) is 0. The molecule has 0 aromatic rings. The van der Waals surface area contributed by atoms with E-state index in [2.05, 4.69) is 27.4 Å². The number of rotatable bonds is 18. The monoisotopic (exact) mass is 324 g/mol. The fourth-order valence-corrected chi connectivity index (χ4v) is 3.07. The highest BCUT2D eigenvalue weighted by Crippen LogP contribution is 2.21. The van der Waals surface area contributed by atoms with Gasteiger partial charge in [-0.3, -0.25) is 0 Å². The maximum absolute atomic E-state index is 5.96. The van der Waals surface area contributed by atoms with E-state index >= 15 is 0 Å². The van der Waals surface area contributed by atoms with Crippen molar-refractivity contribution in [1.82, 2.24) is 0 Å². The van der Waals surface area contributed by atoms with E-state index in [0.29, 0.717) is 0 Å². The van der Waals surface area contributed by atoms with E-state index in [1.54, 1.807) is 0 Å². The van der Waals surface area contributed by atoms with Crippen LogP contribution in [0.2, 0.25) is 0 Å². The Kier molecular flexibility index (Phi) is 17.5. The Balaban J connectivity index is 3.90. The summed E-state index contributed by atoms with van der Waals surface area (Å²) in [7, 11) is 0. The minimum atomic E-state index is 0.747. The van der Waals surface area contributed by atoms with Gasteiger partial charge >= 0.3 is 0 Å². The molecule has 0 aromatic heterocycles. The average molecular weight is 325 g/mol. The molecule has 1 heteroatoms. The lowest BCUT2D eigenvalue weighted by Crippen LogP contribution is -2.10. The van der Waals surface area contributed by atoms with Crippen LogP contribution in [0.1, 0.15) is 117 Å². The number of unbranched alkanes of at least 4 members (excludes halogenated alkanes) is 9. The SMILES string of the molecule is C=C(CCCC)OCC(CCCCCC)CCCCCCCC. The van der Waals surface area contributed by atoms with Crippen molar-refractivity contribution in [2.45, 2.75) is 117 Å². The van der Waals surface area contributed by atoms with Crippen LogP contribution in [0.5, 0.6) is 0 Å². The molecule has 138 valence electrons. The van der Waals surface area contributed by atoms with E-state index in [4.69, 9.17) is 4.74 Å². The molecule has 0 saturated heterocycles. The molecule has 0 aromatic carbocycles. The second-order valence-corrected chi connectivity index (χ2v) is 7.23. The van der Waals surface area contributed by atoms with Crippen molar-refractivity contribution in [3.8, 4) is 0 Å². The fraction of sp³-hybridized carbons (Fsp3) is 0.909. The van der Waals surface area contributed by atoms with Gasteiger partial charge in [-0.1, -0.05) is 98.0 Å². The summed E-state index contributed by atoms with van der Waals surface area (Å²) < 4.78 is 5.96. The maximum Gasteiger partial charge on any atom is 0.0905 e. The molecule has 0 aliphatic rings. The third-order valence-electron chi connectivity index (χ3n) is 4.76. The van der Waals surface area contributed by atoms with E-state index in [-0.39, 0.29) is 0 Å². The van der Waals surface area contributed by atoms with Gasteiger partial charge in [0, 0.05) is 6.42 Å². The minimum Gasteiger partial charge on any atom is -0.498 e. The van der Waals surface area contributed by atoms with Gasteiger partial charge in [0.1, 0.15) is 0 Å². The summed E-state index contributed by atoms with van der Waals surface area (Å²) in [6.45, 7) is 11.8. The topological polar surface area (TPSA) is 9.23 Å². The third-order valence-corrected chi connectivity index (χ3v) is 4.76. The third kappa shape index (κ3) is 16.2. The Morgan fingerprint density at radius 3 is 1.74 bits per heavy atom. The summed E-state index contributed by atoms with van der Waals surface area (Å²) >= 11 is 0. The van der Waals surface area contributed by atoms with Crippen molar-refractivity contribution in [3.05, 3.63) is 12.3 Å². The van der Waals surface area contributed by atoms with Gasteiger partial charge in [0.15, 0.2) is 0 Å². The first-order valence-electron chi connectivity index (χ1n) is 10.5. The zero-order valence-corrected chi connectivity index (χ0v) is 16.5. The number of allylic oxidation sites excluding steroid dienone is 1. The highest BCUT2D eigenvalue weighted by atomic mass is 16.5. The quantitative estimate of drug-likeness (QED) is 0.183. The Hall–Kier alpha value is -0.460. The van der Waals surface area contributed by atoms with Crippen LogP contribution in [0, 0.1) is 5.92 Å². The van der Waals surface area contributed by atoms with E-state index in [0.717, 1.165) is 24.7 Å². The van der Waals surface area contributed by atoms with Gasteiger partial charge in [-0.15, -0.1) is 0 Å². The molecule has 0 heterocycles. The Morgan fingerprint density at radius 1 is 0.696 bits per heavy atom. The predicted octanol–water partition coefficient (Wildman–Crippen LogP) is 8.04. The van der Waals surface area contributed by atoms with Crippen molar-refractivity contribution in [2.24, 2.45) is 5.92 Å². The molecule has 0 rings (SSSR count). The molecule has 1 nitrogen and oxygen atoms in total. The molecule has 0 amide bonds. The van der Waals surface area contributed by atoms with Gasteiger partial charge in [0.2, 0.25) is 0 Å². The van der Waals surface area contributed by atoms with Crippen LogP contribution < -0.4 is 0 Å². The number of hydrogen-bond acceptors (Lipinski definition) is 1. The second kappa shape index (κ2) is 17.9. The molecular formula is C22H44O. The zero-order chi connectivity index (χ0) is 17.2. The van der Waals surface area contributed by atoms with Crippen LogP contribution in [0.15, 0.2) is 12.3 Å². The number of hydrogen-bond donors (Lipinski definition) is 0. The van der Waals surface area contributed by atoms with Crippen LogP contribution >= 0.6 is 0 Å². The molecule has 23 heavy (non-hydrogen) atoms. The standard InChI is InChI=1S/C22H44O/c1-5-8-11-13-14-16-19-22(18-15-12-9-6-2)20-23-21(4)17-10-7-3/h22H,4-20H2,1-3H3. The molecular weight excluding hydrogens is 280 g/mol. The largest absolute Gasteiger partial charge is 0.498 e. The molecule has 1 atom stereocenters. The summed E-state index contributed by atoms with van der Waals surface area (Å²) in [4.78, 5) is 0. The summed E-state index contributed by atoms with van der Waals surface area (Å²) in [6.07, 6.45) is 20.0. The van der Waals surface area contributed by atoms with E-state index in [1.165, 1.54) is 89.9 Å². The molecule has 0 radical (unpaired) electrons. The van der Waals surface area contributed by atoms with Gasteiger partial charge < -0.3 is 4.74 Å². The fourth-order valence-electron chi connectivity index (χ4n) is 3.07. The molecule has 0 saturated carbocycles. The molecule has 0 N–H and O–H groups in total. The molecule has 0 spiro atoms. The first kappa shape index (κ1) is 22.5. The molecule has 0 fully saturated rings. The maximum atomic E-state index is 5.96. The normalized spacial score (nSPS) is 12.3. The van der Waals surface area contributed by atoms with Crippen molar-refractivity contribution in [3.63, 3.8) is 0 Å². The zero-order valence-electron chi connectivity index (χ0n) is 16.5. The van der Waals surface area contributed by atoms with Crippen molar-refractivity contribution >= 4 is 0 Å². The van der Waals surface area contributed by atoms with Crippen LogP contribution in [0.4, 0.5) is 0 Å². The van der Waals surface area contributed by atoms with Crippen molar-refractivity contribution in [2.75, 3.05) is 6.61 Å². The van der Waals surface area contributed by atoms with E-state index in [1.807, 2.05) is 0 Å². The summed E-state index contributed by atoms with van der Waals surface area (Å²) in [5.41, 5.74) is 0. The molecule has 0 aliphatic heterocycles. The first-order valence-corrected chi connectivity index (χ1v) is 10.5. The van der Waals surface area contributed by atoms with Crippen LogP contribution in [-0.4, -0.2) is 6.61 Å². The molecule has 0 bridgehead atoms. The second-order valence-electron chi connectivity index (χ2n) is 7.23. The van der Waals surface area contributed by atoms with E-state index in [9.17, 15) is 0 Å². The lowest BCUT2D eigenvalue weighted by Gasteiger charge is -2.19. The van der Waals surface area contributed by atoms with Gasteiger partial charge in [0.25, 0.3) is 0 Å². The first-order chi connectivity index (χ1) is 11.2. The summed E-state index contributed by atoms with van der Waals surface area (Å²) in [5.74, 6) is 1.75. The Morgan fingerprint density at radius 2 is 1.17 bits per heavy atom. The van der Waals surface area contributed by atoms with Gasteiger partial charge in [0.05, 0.1) is 12.4 Å². The predicted molar refractivity (Wildman–Crippen MR) is 105 cm³/mol. The Labute approximate surface area is 147 Å². The molecule has 1 unspecified atom stereocenters. The van der Waals surface area contributed by atoms with Crippen molar-refractivity contribution < 1.29 is 4.74 Å². The van der Waals surface area contributed by atoms with Gasteiger partial charge in [-0.05, 0) is 25.2 Å². The van der Waals surface area contributed by atoms with Gasteiger partial charge in [-0.25, -0.2) is 0 Å². The lowest BCUT2D eigenvalue weighted by molar-refractivity contribution is 0.144.